The highest BCUT2D eigenvalue weighted by atomic mass is 16.1. The van der Waals surface area contributed by atoms with Gasteiger partial charge in [0.15, 0.2) is 0 Å². The fourth-order valence-corrected chi connectivity index (χ4v) is 1.75. The van der Waals surface area contributed by atoms with Gasteiger partial charge in [0.25, 0.3) is 5.91 Å². The zero-order chi connectivity index (χ0) is 14.8. The van der Waals surface area contributed by atoms with Crippen molar-refractivity contribution in [3.63, 3.8) is 0 Å². The molecule has 3 nitrogen and oxygen atoms in total. The number of primary amides is 1. The van der Waals surface area contributed by atoms with Crippen LogP contribution in [0.15, 0.2) is 36.4 Å². The van der Waals surface area contributed by atoms with Crippen molar-refractivity contribution in [3.05, 3.63) is 42.0 Å². The maximum atomic E-state index is 11.4. The minimum absolute atomic E-state index is 0.406. The second-order valence-electron chi connectivity index (χ2n) is 3.32. The first-order valence-electron chi connectivity index (χ1n) is 6.73. The van der Waals surface area contributed by atoms with E-state index < -0.39 is 5.91 Å². The van der Waals surface area contributed by atoms with Crippen molar-refractivity contribution in [2.45, 2.75) is 27.7 Å². The molecule has 2 rings (SSSR count). The van der Waals surface area contributed by atoms with E-state index in [0.717, 1.165) is 16.5 Å². The predicted molar refractivity (Wildman–Crippen MR) is 84.7 cm³/mol. The number of carbonyl (C=O) groups is 1. The number of hydrogen-bond acceptors (Lipinski definition) is 2. The lowest BCUT2D eigenvalue weighted by Gasteiger charge is -2.09. The molecular formula is C16H24N2O. The molecule has 0 spiro atoms. The van der Waals surface area contributed by atoms with Gasteiger partial charge in [0.1, 0.15) is 0 Å². The Bertz CT molecular complexity index is 521. The fraction of sp³-hybridized carbons (Fsp3) is 0.312. The summed E-state index contributed by atoms with van der Waals surface area (Å²) < 4.78 is 0. The van der Waals surface area contributed by atoms with E-state index >= 15 is 0 Å². The number of carbonyl (C=O) groups excluding carboxylic acids is 1. The molecule has 19 heavy (non-hydrogen) atoms. The Kier molecular flexibility index (Phi) is 8.02. The van der Waals surface area contributed by atoms with Gasteiger partial charge in [-0.15, -0.1) is 0 Å². The standard InChI is InChI=1S/C12H12N2O.2C2H6/c1-14-10-7-6-8-4-2-3-5-9(8)11(10)12(13)15;2*1-2/h2-7,14H,1H3,(H2,13,15);2*1-2H3. The van der Waals surface area contributed by atoms with E-state index in [4.69, 9.17) is 5.73 Å². The van der Waals surface area contributed by atoms with E-state index in [1.807, 2.05) is 64.1 Å². The number of fused-ring (bicyclic) bond motifs is 1. The van der Waals surface area contributed by atoms with Crippen LogP contribution in [0.3, 0.4) is 0 Å². The van der Waals surface area contributed by atoms with Gasteiger partial charge in [-0.05, 0) is 16.8 Å². The first-order chi connectivity index (χ1) is 9.24. The third-order valence-corrected chi connectivity index (χ3v) is 2.44. The third kappa shape index (κ3) is 3.98. The van der Waals surface area contributed by atoms with E-state index in [-0.39, 0.29) is 0 Å². The van der Waals surface area contributed by atoms with Crippen LogP contribution in [0.4, 0.5) is 5.69 Å². The smallest absolute Gasteiger partial charge is 0.251 e. The maximum absolute atomic E-state index is 11.4. The lowest BCUT2D eigenvalue weighted by molar-refractivity contribution is 0.100. The highest BCUT2D eigenvalue weighted by Crippen LogP contribution is 2.25. The fourth-order valence-electron chi connectivity index (χ4n) is 1.75. The molecule has 0 heterocycles. The zero-order valence-electron chi connectivity index (χ0n) is 12.4. The Hall–Kier alpha value is -2.03. The average molecular weight is 260 g/mol. The molecule has 0 atom stereocenters. The molecule has 0 unspecified atom stereocenters. The van der Waals surface area contributed by atoms with E-state index in [9.17, 15) is 4.79 Å². The summed E-state index contributed by atoms with van der Waals surface area (Å²) in [6.45, 7) is 8.00. The summed E-state index contributed by atoms with van der Waals surface area (Å²) in [5, 5.41) is 4.87. The third-order valence-electron chi connectivity index (χ3n) is 2.44. The summed E-state index contributed by atoms with van der Waals surface area (Å²) >= 11 is 0. The number of amides is 1. The number of nitrogens with two attached hydrogens (primary N) is 1. The summed E-state index contributed by atoms with van der Waals surface area (Å²) in [4.78, 5) is 11.4. The molecule has 0 radical (unpaired) electrons. The van der Waals surface area contributed by atoms with Gasteiger partial charge < -0.3 is 11.1 Å². The van der Waals surface area contributed by atoms with Crippen LogP contribution in [0, 0.1) is 0 Å². The van der Waals surface area contributed by atoms with Crippen molar-refractivity contribution in [2.24, 2.45) is 5.73 Å². The summed E-state index contributed by atoms with van der Waals surface area (Å²) in [5.41, 5.74) is 6.69. The number of hydrogen-bond donors (Lipinski definition) is 2. The number of rotatable bonds is 2. The summed E-state index contributed by atoms with van der Waals surface area (Å²) in [6.07, 6.45) is 0. The van der Waals surface area contributed by atoms with Crippen molar-refractivity contribution < 1.29 is 4.79 Å². The highest BCUT2D eigenvalue weighted by molar-refractivity contribution is 6.11. The van der Waals surface area contributed by atoms with Gasteiger partial charge in [-0.1, -0.05) is 58.0 Å². The van der Waals surface area contributed by atoms with Crippen molar-refractivity contribution in [1.29, 1.82) is 0 Å². The van der Waals surface area contributed by atoms with E-state index in [1.165, 1.54) is 0 Å². The van der Waals surface area contributed by atoms with Crippen LogP contribution in [0.1, 0.15) is 38.1 Å². The second kappa shape index (κ2) is 8.97. The highest BCUT2D eigenvalue weighted by Gasteiger charge is 2.10. The minimum Gasteiger partial charge on any atom is -0.387 e. The van der Waals surface area contributed by atoms with Crippen molar-refractivity contribution in [1.82, 2.24) is 0 Å². The van der Waals surface area contributed by atoms with Crippen LogP contribution in [-0.2, 0) is 0 Å². The Labute approximate surface area is 115 Å². The Morgan fingerprint density at radius 1 is 1.00 bits per heavy atom. The first kappa shape index (κ1) is 17.0. The first-order valence-corrected chi connectivity index (χ1v) is 6.73. The molecule has 1 amide bonds. The van der Waals surface area contributed by atoms with E-state index in [1.54, 1.807) is 7.05 Å². The molecule has 0 aliphatic carbocycles. The van der Waals surface area contributed by atoms with Gasteiger partial charge in [-0.25, -0.2) is 0 Å². The Morgan fingerprint density at radius 2 is 1.58 bits per heavy atom. The van der Waals surface area contributed by atoms with Gasteiger partial charge in [-0.3, -0.25) is 4.79 Å². The van der Waals surface area contributed by atoms with Gasteiger partial charge in [-0.2, -0.15) is 0 Å². The van der Waals surface area contributed by atoms with Gasteiger partial charge in [0.2, 0.25) is 0 Å². The topological polar surface area (TPSA) is 55.1 Å². The summed E-state index contributed by atoms with van der Waals surface area (Å²) in [7, 11) is 1.77. The molecule has 0 saturated heterocycles. The number of nitrogens with one attached hydrogen (secondary N) is 1. The SMILES string of the molecule is CC.CC.CNc1ccc2ccccc2c1C(N)=O. The van der Waals surface area contributed by atoms with Gasteiger partial charge in [0.05, 0.1) is 5.56 Å². The molecule has 3 N–H and O–H groups in total. The van der Waals surface area contributed by atoms with Crippen molar-refractivity contribution in [3.8, 4) is 0 Å². The van der Waals surface area contributed by atoms with Crippen LogP contribution >= 0.6 is 0 Å². The molecule has 104 valence electrons. The number of anilines is 1. The molecule has 3 heteroatoms. The van der Waals surface area contributed by atoms with Crippen LogP contribution in [0.5, 0.6) is 0 Å². The second-order valence-corrected chi connectivity index (χ2v) is 3.32. The van der Waals surface area contributed by atoms with Crippen molar-refractivity contribution >= 4 is 22.4 Å². The Balaban J connectivity index is 0.000000741. The molecule has 0 fully saturated rings. The Morgan fingerprint density at radius 3 is 2.11 bits per heavy atom. The summed E-state index contributed by atoms with van der Waals surface area (Å²) in [5.74, 6) is -0.406. The molecule has 0 bridgehead atoms. The molecule has 0 aromatic heterocycles. The van der Waals surface area contributed by atoms with E-state index in [0.29, 0.717) is 5.56 Å². The van der Waals surface area contributed by atoms with Crippen LogP contribution < -0.4 is 11.1 Å². The molecule has 0 aliphatic rings. The molecule has 0 saturated carbocycles. The normalized spacial score (nSPS) is 8.68. The largest absolute Gasteiger partial charge is 0.387 e. The lowest BCUT2D eigenvalue weighted by atomic mass is 10.0. The maximum Gasteiger partial charge on any atom is 0.251 e. The van der Waals surface area contributed by atoms with Crippen molar-refractivity contribution in [2.75, 3.05) is 12.4 Å². The van der Waals surface area contributed by atoms with Crippen LogP contribution in [0.2, 0.25) is 0 Å². The van der Waals surface area contributed by atoms with Gasteiger partial charge >= 0.3 is 0 Å². The quantitative estimate of drug-likeness (QED) is 0.856. The van der Waals surface area contributed by atoms with Crippen LogP contribution in [-0.4, -0.2) is 13.0 Å². The molecular weight excluding hydrogens is 236 g/mol. The number of benzene rings is 2. The predicted octanol–water partition coefficient (Wildman–Crippen LogP) is 4.03. The molecule has 0 aliphatic heterocycles. The minimum atomic E-state index is -0.406. The zero-order valence-corrected chi connectivity index (χ0v) is 12.4. The van der Waals surface area contributed by atoms with E-state index in [2.05, 4.69) is 5.32 Å². The summed E-state index contributed by atoms with van der Waals surface area (Å²) in [6, 6.07) is 11.5. The average Bonchev–Trinajstić information content (AvgIpc) is 2.49. The molecule has 2 aromatic rings. The van der Waals surface area contributed by atoms with Gasteiger partial charge in [0, 0.05) is 12.7 Å². The van der Waals surface area contributed by atoms with Crippen LogP contribution in [0.25, 0.3) is 10.8 Å². The lowest BCUT2D eigenvalue weighted by Crippen LogP contribution is -2.14. The monoisotopic (exact) mass is 260 g/mol. The molecule has 2 aromatic carbocycles.